The van der Waals surface area contributed by atoms with Crippen molar-refractivity contribution in [3.63, 3.8) is 0 Å². The second-order valence-electron chi connectivity index (χ2n) is 7.98. The van der Waals surface area contributed by atoms with Crippen molar-refractivity contribution in [1.82, 2.24) is 9.47 Å². The Morgan fingerprint density at radius 1 is 1.07 bits per heavy atom. The van der Waals surface area contributed by atoms with Crippen molar-refractivity contribution >= 4 is 22.6 Å². The molecule has 1 aliphatic heterocycles. The van der Waals surface area contributed by atoms with E-state index in [-0.39, 0.29) is 36.9 Å². The minimum Gasteiger partial charge on any atom is -0.396 e. The number of fused-ring (bicyclic) bond motifs is 1. The van der Waals surface area contributed by atoms with Crippen LogP contribution in [0.4, 0.5) is 14.9 Å². The van der Waals surface area contributed by atoms with Crippen LogP contribution in [-0.4, -0.2) is 52.0 Å². The Balaban J connectivity index is 1.52. The van der Waals surface area contributed by atoms with Crippen LogP contribution in [0.15, 0.2) is 54.7 Å². The van der Waals surface area contributed by atoms with E-state index in [4.69, 9.17) is 0 Å². The molecule has 0 bridgehead atoms. The highest BCUT2D eigenvalue weighted by molar-refractivity contribution is 5.93. The fourth-order valence-corrected chi connectivity index (χ4v) is 4.16. The van der Waals surface area contributed by atoms with Crippen molar-refractivity contribution in [1.29, 1.82) is 0 Å². The molecular weight excluding hydrogens is 385 g/mol. The van der Waals surface area contributed by atoms with Crippen molar-refractivity contribution in [3.8, 4) is 0 Å². The Morgan fingerprint density at radius 2 is 1.80 bits per heavy atom. The van der Waals surface area contributed by atoms with Crippen LogP contribution in [0, 0.1) is 17.7 Å². The lowest BCUT2D eigenvalue weighted by Crippen LogP contribution is -2.47. The number of nitrogens with one attached hydrogen (secondary N) is 1. The number of aliphatic hydroxyl groups excluding tert-OH is 2. The minimum absolute atomic E-state index is 0.00417. The van der Waals surface area contributed by atoms with Gasteiger partial charge in [0.1, 0.15) is 5.82 Å². The first-order chi connectivity index (χ1) is 14.6. The molecule has 2 unspecified atom stereocenters. The molecule has 30 heavy (non-hydrogen) atoms. The number of amides is 2. The van der Waals surface area contributed by atoms with Crippen LogP contribution in [0.2, 0.25) is 0 Å². The van der Waals surface area contributed by atoms with Gasteiger partial charge < -0.3 is 25.0 Å². The Morgan fingerprint density at radius 3 is 2.50 bits per heavy atom. The number of hydrogen-bond donors (Lipinski definition) is 3. The first-order valence-electron chi connectivity index (χ1n) is 10.2. The van der Waals surface area contributed by atoms with E-state index in [1.165, 1.54) is 6.07 Å². The minimum atomic E-state index is -0.252. The lowest BCUT2D eigenvalue weighted by Gasteiger charge is -2.36. The molecule has 4 rings (SSSR count). The van der Waals surface area contributed by atoms with Gasteiger partial charge in [-0.05, 0) is 36.1 Å². The second kappa shape index (κ2) is 8.85. The molecule has 2 atom stereocenters. The summed E-state index contributed by atoms with van der Waals surface area (Å²) >= 11 is 0. The van der Waals surface area contributed by atoms with Gasteiger partial charge in [0.2, 0.25) is 0 Å². The number of likely N-dealkylation sites (tertiary alicyclic amines) is 1. The quantitative estimate of drug-likeness (QED) is 0.603. The number of benzene rings is 2. The number of aromatic nitrogens is 1. The van der Waals surface area contributed by atoms with Crippen molar-refractivity contribution in [2.75, 3.05) is 31.6 Å². The monoisotopic (exact) mass is 411 g/mol. The number of rotatable bonds is 5. The van der Waals surface area contributed by atoms with E-state index in [0.717, 1.165) is 10.9 Å². The summed E-state index contributed by atoms with van der Waals surface area (Å²) < 4.78 is 16.0. The normalized spacial score (nSPS) is 19.2. The maximum Gasteiger partial charge on any atom is 0.321 e. The van der Waals surface area contributed by atoms with Gasteiger partial charge in [0.15, 0.2) is 0 Å². The number of anilines is 1. The van der Waals surface area contributed by atoms with Gasteiger partial charge in [-0.25, -0.2) is 9.18 Å². The molecule has 2 heterocycles. The van der Waals surface area contributed by atoms with Crippen LogP contribution in [0.5, 0.6) is 0 Å². The molecule has 1 aromatic heterocycles. The molecule has 6 nitrogen and oxygen atoms in total. The standard InChI is InChI=1S/C23H26FN3O3/c24-21-4-2-1-3-19(21)13-26-8-7-18-5-6-20(10-22(18)26)25-23(30)27-11-16(14-28)9-17(12-27)15-29/h1-8,10,16-17,28-29H,9,11-15H2,(H,25,30). The molecular formula is C23H26FN3O3. The average molecular weight is 411 g/mol. The van der Waals surface area contributed by atoms with E-state index >= 15 is 0 Å². The zero-order valence-corrected chi connectivity index (χ0v) is 16.7. The molecule has 3 N–H and O–H groups in total. The molecule has 1 fully saturated rings. The van der Waals surface area contributed by atoms with E-state index in [0.29, 0.717) is 37.3 Å². The Bertz CT molecular complexity index is 1020. The van der Waals surface area contributed by atoms with Crippen molar-refractivity contribution in [3.05, 3.63) is 66.1 Å². The van der Waals surface area contributed by atoms with Gasteiger partial charge in [-0.3, -0.25) is 0 Å². The summed E-state index contributed by atoms with van der Waals surface area (Å²) in [5.41, 5.74) is 2.15. The third kappa shape index (κ3) is 4.32. The lowest BCUT2D eigenvalue weighted by molar-refractivity contribution is 0.0775. The van der Waals surface area contributed by atoms with E-state index in [1.807, 2.05) is 41.1 Å². The number of nitrogens with zero attached hydrogens (tertiary/aromatic N) is 2. The number of urea groups is 1. The average Bonchev–Trinajstić information content (AvgIpc) is 3.17. The molecule has 2 aromatic carbocycles. The van der Waals surface area contributed by atoms with E-state index in [1.54, 1.807) is 17.0 Å². The molecule has 0 aliphatic carbocycles. The third-order valence-electron chi connectivity index (χ3n) is 5.75. The van der Waals surface area contributed by atoms with Crippen molar-refractivity contribution in [2.24, 2.45) is 11.8 Å². The number of piperidine rings is 1. The topological polar surface area (TPSA) is 77.7 Å². The fraction of sp³-hybridized carbons (Fsp3) is 0.348. The summed E-state index contributed by atoms with van der Waals surface area (Å²) in [6.07, 6.45) is 2.62. The zero-order chi connectivity index (χ0) is 21.1. The number of halogens is 1. The molecule has 1 aliphatic rings. The van der Waals surface area contributed by atoms with Gasteiger partial charge in [0.25, 0.3) is 0 Å². The van der Waals surface area contributed by atoms with Crippen LogP contribution in [0.1, 0.15) is 12.0 Å². The first-order valence-corrected chi connectivity index (χ1v) is 10.2. The molecule has 1 saturated heterocycles. The molecule has 158 valence electrons. The van der Waals surface area contributed by atoms with Gasteiger partial charge >= 0.3 is 6.03 Å². The van der Waals surface area contributed by atoms with Gasteiger partial charge in [-0.2, -0.15) is 0 Å². The Labute approximate surface area is 174 Å². The number of carbonyl (C=O) groups excluding carboxylic acids is 1. The maximum atomic E-state index is 14.0. The first kappa shape index (κ1) is 20.4. The van der Waals surface area contributed by atoms with Crippen LogP contribution < -0.4 is 5.32 Å². The summed E-state index contributed by atoms with van der Waals surface area (Å²) in [6, 6.07) is 14.0. The summed E-state index contributed by atoms with van der Waals surface area (Å²) in [7, 11) is 0. The number of aliphatic hydroxyl groups is 2. The van der Waals surface area contributed by atoms with Crippen molar-refractivity contribution in [2.45, 2.75) is 13.0 Å². The van der Waals surface area contributed by atoms with Gasteiger partial charge in [-0.15, -0.1) is 0 Å². The van der Waals surface area contributed by atoms with Gasteiger partial charge in [0, 0.05) is 55.6 Å². The summed E-state index contributed by atoms with van der Waals surface area (Å²) in [6.45, 7) is 1.32. The summed E-state index contributed by atoms with van der Waals surface area (Å²) in [5.74, 6) is -0.296. The molecule has 3 aromatic rings. The van der Waals surface area contributed by atoms with Crippen LogP contribution in [0.3, 0.4) is 0 Å². The fourth-order valence-electron chi connectivity index (χ4n) is 4.16. The van der Waals surface area contributed by atoms with Crippen molar-refractivity contribution < 1.29 is 19.4 Å². The smallest absolute Gasteiger partial charge is 0.321 e. The maximum absolute atomic E-state index is 14.0. The van der Waals surface area contributed by atoms with Gasteiger partial charge in [0.05, 0.1) is 12.1 Å². The van der Waals surface area contributed by atoms with Crippen LogP contribution in [0.25, 0.3) is 10.9 Å². The van der Waals surface area contributed by atoms with Gasteiger partial charge in [-0.1, -0.05) is 24.3 Å². The Hall–Kier alpha value is -2.90. The predicted molar refractivity (Wildman–Crippen MR) is 114 cm³/mol. The van der Waals surface area contributed by atoms with E-state index in [2.05, 4.69) is 5.32 Å². The number of hydrogen-bond acceptors (Lipinski definition) is 3. The lowest BCUT2D eigenvalue weighted by atomic mass is 9.90. The highest BCUT2D eigenvalue weighted by atomic mass is 19.1. The van der Waals surface area contributed by atoms with E-state index < -0.39 is 0 Å². The summed E-state index contributed by atoms with van der Waals surface area (Å²) in [4.78, 5) is 14.4. The third-order valence-corrected chi connectivity index (χ3v) is 5.75. The SMILES string of the molecule is O=C(Nc1ccc2ccn(Cc3ccccc3F)c2c1)N1CC(CO)CC(CO)C1. The molecule has 2 amide bonds. The zero-order valence-electron chi connectivity index (χ0n) is 16.7. The molecule has 0 saturated carbocycles. The highest BCUT2D eigenvalue weighted by Gasteiger charge is 2.29. The van der Waals surface area contributed by atoms with E-state index in [9.17, 15) is 19.4 Å². The van der Waals surface area contributed by atoms with Crippen LogP contribution >= 0.6 is 0 Å². The van der Waals surface area contributed by atoms with Crippen LogP contribution in [-0.2, 0) is 6.54 Å². The number of carbonyl (C=O) groups is 1. The largest absolute Gasteiger partial charge is 0.396 e. The second-order valence-corrected chi connectivity index (χ2v) is 7.98. The summed E-state index contributed by atoms with van der Waals surface area (Å²) in [5, 5.41) is 22.9. The molecule has 0 radical (unpaired) electrons. The molecule has 7 heteroatoms. The molecule has 0 spiro atoms. The Kier molecular flexibility index (Phi) is 6.01. The highest BCUT2D eigenvalue weighted by Crippen LogP contribution is 2.25. The predicted octanol–water partition coefficient (Wildman–Crippen LogP) is 3.28.